The minimum atomic E-state index is -0.793. The monoisotopic (exact) mass is 470 g/mol. The van der Waals surface area contributed by atoms with Gasteiger partial charge in [-0.05, 0) is 54.5 Å². The number of ether oxygens (including phenoxy) is 2. The summed E-state index contributed by atoms with van der Waals surface area (Å²) in [7, 11) is 1.49. The number of halogens is 1. The molecule has 7 nitrogen and oxygen atoms in total. The second kappa shape index (κ2) is 8.96. The van der Waals surface area contributed by atoms with Crippen LogP contribution in [0.3, 0.4) is 0 Å². The number of anilines is 1. The van der Waals surface area contributed by atoms with Crippen LogP contribution < -0.4 is 19.7 Å². The van der Waals surface area contributed by atoms with Crippen molar-refractivity contribution in [2.75, 3.05) is 18.6 Å². The van der Waals surface area contributed by atoms with Gasteiger partial charge in [-0.3, -0.25) is 14.9 Å². The van der Waals surface area contributed by atoms with E-state index in [1.165, 1.54) is 13.2 Å². The van der Waals surface area contributed by atoms with E-state index in [1.54, 1.807) is 49.4 Å². The molecule has 1 heterocycles. The summed E-state index contributed by atoms with van der Waals surface area (Å²) in [5.41, 5.74) is 1.47. The van der Waals surface area contributed by atoms with Crippen LogP contribution in [0.25, 0.3) is 6.08 Å². The van der Waals surface area contributed by atoms with Crippen molar-refractivity contribution in [1.82, 2.24) is 5.32 Å². The molecule has 8 heteroatoms. The van der Waals surface area contributed by atoms with E-state index in [0.29, 0.717) is 34.9 Å². The molecular weight excluding hydrogens is 452 g/mol. The number of amides is 4. The molecule has 30 heavy (non-hydrogen) atoms. The van der Waals surface area contributed by atoms with Crippen LogP contribution in [0, 0.1) is 6.92 Å². The predicted octanol–water partition coefficient (Wildman–Crippen LogP) is 4.00. The van der Waals surface area contributed by atoms with Gasteiger partial charge in [0.1, 0.15) is 12.2 Å². The van der Waals surface area contributed by atoms with Crippen LogP contribution in [-0.2, 0) is 9.59 Å². The quantitative estimate of drug-likeness (QED) is 0.391. The van der Waals surface area contributed by atoms with Gasteiger partial charge in [0, 0.05) is 4.47 Å². The molecule has 0 spiro atoms. The van der Waals surface area contributed by atoms with Gasteiger partial charge < -0.3 is 9.47 Å². The molecule has 2 aromatic rings. The summed E-state index contributed by atoms with van der Waals surface area (Å²) in [6, 6.07) is 9.33. The lowest BCUT2D eigenvalue weighted by Crippen LogP contribution is -2.54. The normalized spacial score (nSPS) is 15.2. The zero-order chi connectivity index (χ0) is 21.8. The number of benzene rings is 2. The van der Waals surface area contributed by atoms with Crippen LogP contribution in [0.1, 0.15) is 11.1 Å². The standard InChI is InChI=1S/C22H19BrN2O5/c1-4-9-30-18-8-5-14(12-19(18)29-3)11-16-20(26)24-22(28)25(21(16)27)17-7-6-15(23)10-13(17)2/h4-8,10-12H,1,9H2,2-3H3,(H,24,26,28)/b16-11-. The Kier molecular flexibility index (Phi) is 6.37. The van der Waals surface area contributed by atoms with E-state index in [-0.39, 0.29) is 5.57 Å². The van der Waals surface area contributed by atoms with Crippen molar-refractivity contribution in [3.8, 4) is 11.5 Å². The van der Waals surface area contributed by atoms with Gasteiger partial charge in [0.2, 0.25) is 0 Å². The number of hydrogen-bond acceptors (Lipinski definition) is 5. The predicted molar refractivity (Wildman–Crippen MR) is 117 cm³/mol. The smallest absolute Gasteiger partial charge is 0.335 e. The van der Waals surface area contributed by atoms with Gasteiger partial charge in [0.15, 0.2) is 11.5 Å². The molecule has 1 aliphatic rings. The van der Waals surface area contributed by atoms with Crippen LogP contribution >= 0.6 is 15.9 Å². The van der Waals surface area contributed by atoms with Gasteiger partial charge in [0.25, 0.3) is 11.8 Å². The van der Waals surface area contributed by atoms with Crippen molar-refractivity contribution < 1.29 is 23.9 Å². The van der Waals surface area contributed by atoms with Crippen LogP contribution in [0.5, 0.6) is 11.5 Å². The van der Waals surface area contributed by atoms with Crippen LogP contribution in [-0.4, -0.2) is 31.6 Å². The topological polar surface area (TPSA) is 84.9 Å². The third-order valence-electron chi connectivity index (χ3n) is 4.36. The highest BCUT2D eigenvalue weighted by molar-refractivity contribution is 9.10. The molecule has 1 aliphatic heterocycles. The SMILES string of the molecule is C=CCOc1ccc(/C=C2/C(=O)NC(=O)N(c3ccc(Br)cc3C)C2=O)cc1OC. The first-order valence-electron chi connectivity index (χ1n) is 8.95. The average Bonchev–Trinajstić information content (AvgIpc) is 2.71. The fourth-order valence-electron chi connectivity index (χ4n) is 2.95. The van der Waals surface area contributed by atoms with E-state index < -0.39 is 17.8 Å². The van der Waals surface area contributed by atoms with Crippen LogP contribution in [0.15, 0.2) is 59.1 Å². The Bertz CT molecular complexity index is 1080. The maximum atomic E-state index is 13.0. The van der Waals surface area contributed by atoms with Gasteiger partial charge in [-0.1, -0.05) is 34.7 Å². The van der Waals surface area contributed by atoms with E-state index in [0.717, 1.165) is 9.37 Å². The minimum absolute atomic E-state index is 0.168. The van der Waals surface area contributed by atoms with Crippen molar-refractivity contribution in [3.05, 3.63) is 70.2 Å². The van der Waals surface area contributed by atoms with Crippen LogP contribution in [0.2, 0.25) is 0 Å². The Morgan fingerprint density at radius 2 is 1.90 bits per heavy atom. The van der Waals surface area contributed by atoms with E-state index in [9.17, 15) is 14.4 Å². The molecule has 0 atom stereocenters. The van der Waals surface area contributed by atoms with Gasteiger partial charge in [-0.25, -0.2) is 9.69 Å². The molecule has 0 bridgehead atoms. The zero-order valence-corrected chi connectivity index (χ0v) is 18.0. The van der Waals surface area contributed by atoms with E-state index in [4.69, 9.17) is 9.47 Å². The highest BCUT2D eigenvalue weighted by Crippen LogP contribution is 2.31. The molecule has 154 valence electrons. The number of imide groups is 2. The van der Waals surface area contributed by atoms with E-state index in [2.05, 4.69) is 27.8 Å². The lowest BCUT2D eigenvalue weighted by atomic mass is 10.1. The summed E-state index contributed by atoms with van der Waals surface area (Å²) in [6.45, 7) is 5.68. The largest absolute Gasteiger partial charge is 0.493 e. The Hall–Kier alpha value is -3.39. The van der Waals surface area contributed by atoms with Crippen molar-refractivity contribution >= 4 is 45.5 Å². The van der Waals surface area contributed by atoms with E-state index >= 15 is 0 Å². The Morgan fingerprint density at radius 1 is 1.13 bits per heavy atom. The first-order chi connectivity index (χ1) is 14.3. The van der Waals surface area contributed by atoms with Crippen molar-refractivity contribution in [1.29, 1.82) is 0 Å². The average molecular weight is 471 g/mol. The maximum absolute atomic E-state index is 13.0. The number of aryl methyl sites for hydroxylation is 1. The molecule has 1 saturated heterocycles. The highest BCUT2D eigenvalue weighted by Gasteiger charge is 2.37. The second-order valence-corrected chi connectivity index (χ2v) is 7.31. The second-order valence-electron chi connectivity index (χ2n) is 6.40. The molecule has 1 N–H and O–H groups in total. The first kappa shape index (κ1) is 21.3. The molecule has 0 aromatic heterocycles. The Balaban J connectivity index is 1.99. The molecular formula is C22H19BrN2O5. The van der Waals surface area contributed by atoms with Gasteiger partial charge in [0.05, 0.1) is 12.8 Å². The zero-order valence-electron chi connectivity index (χ0n) is 16.4. The fraction of sp³-hybridized carbons (Fsp3) is 0.136. The molecule has 0 saturated carbocycles. The number of rotatable bonds is 6. The summed E-state index contributed by atoms with van der Waals surface area (Å²) in [5, 5.41) is 2.22. The molecule has 2 aromatic carbocycles. The van der Waals surface area contributed by atoms with Crippen molar-refractivity contribution in [2.45, 2.75) is 6.92 Å². The number of carbonyl (C=O) groups is 3. The number of carbonyl (C=O) groups excluding carboxylic acids is 3. The third-order valence-corrected chi connectivity index (χ3v) is 4.85. The summed E-state index contributed by atoms with van der Waals surface area (Å²) < 4.78 is 11.6. The molecule has 4 amide bonds. The number of hydrogen-bond donors (Lipinski definition) is 1. The van der Waals surface area contributed by atoms with Crippen LogP contribution in [0.4, 0.5) is 10.5 Å². The Morgan fingerprint density at radius 3 is 2.57 bits per heavy atom. The summed E-state index contributed by atoms with van der Waals surface area (Å²) >= 11 is 3.35. The molecule has 1 fully saturated rings. The number of barbiturate groups is 1. The third kappa shape index (κ3) is 4.28. The maximum Gasteiger partial charge on any atom is 0.335 e. The summed E-state index contributed by atoms with van der Waals surface area (Å²) in [4.78, 5) is 38.8. The first-order valence-corrected chi connectivity index (χ1v) is 9.74. The number of nitrogens with zero attached hydrogens (tertiary/aromatic N) is 1. The summed E-state index contributed by atoms with van der Waals surface area (Å²) in [6.07, 6.45) is 3.02. The summed E-state index contributed by atoms with van der Waals surface area (Å²) in [5.74, 6) is -0.532. The lowest BCUT2D eigenvalue weighted by Gasteiger charge is -2.27. The molecule has 0 radical (unpaired) electrons. The van der Waals surface area contributed by atoms with Gasteiger partial charge >= 0.3 is 6.03 Å². The number of methoxy groups -OCH3 is 1. The molecule has 3 rings (SSSR count). The number of urea groups is 1. The Labute approximate surface area is 182 Å². The number of nitrogens with one attached hydrogen (secondary N) is 1. The molecule has 0 unspecified atom stereocenters. The van der Waals surface area contributed by atoms with Crippen molar-refractivity contribution in [3.63, 3.8) is 0 Å². The van der Waals surface area contributed by atoms with Gasteiger partial charge in [-0.2, -0.15) is 0 Å². The van der Waals surface area contributed by atoms with Crippen molar-refractivity contribution in [2.24, 2.45) is 0 Å². The highest BCUT2D eigenvalue weighted by atomic mass is 79.9. The van der Waals surface area contributed by atoms with E-state index in [1.807, 2.05) is 0 Å². The fourth-order valence-corrected chi connectivity index (χ4v) is 3.43. The lowest BCUT2D eigenvalue weighted by molar-refractivity contribution is -0.122. The minimum Gasteiger partial charge on any atom is -0.493 e. The van der Waals surface area contributed by atoms with Gasteiger partial charge in [-0.15, -0.1) is 0 Å². The molecule has 0 aliphatic carbocycles.